The van der Waals surface area contributed by atoms with Crippen molar-refractivity contribution in [3.63, 3.8) is 0 Å². The lowest BCUT2D eigenvalue weighted by Gasteiger charge is -2.68. The Labute approximate surface area is 456 Å². The van der Waals surface area contributed by atoms with Gasteiger partial charge in [0.1, 0.15) is 25.4 Å². The van der Waals surface area contributed by atoms with Gasteiger partial charge in [0.15, 0.2) is 36.8 Å². The monoisotopic (exact) mass is 1100 g/mol. The first-order valence-corrected chi connectivity index (χ1v) is 27.5. The average Bonchev–Trinajstić information content (AvgIpc) is 3.52. The first-order chi connectivity index (χ1) is 36.3. The van der Waals surface area contributed by atoms with Crippen molar-refractivity contribution >= 4 is 53.7 Å². The smallest absolute Gasteiger partial charge is 0.315 e. The third kappa shape index (κ3) is 12.3. The van der Waals surface area contributed by atoms with Crippen molar-refractivity contribution in [1.82, 2.24) is 0 Å². The van der Waals surface area contributed by atoms with E-state index in [-0.39, 0.29) is 46.5 Å². The molecule has 6 fully saturated rings. The van der Waals surface area contributed by atoms with Crippen LogP contribution in [0.5, 0.6) is 0 Å². The average molecular weight is 1100 g/mol. The zero-order chi connectivity index (χ0) is 57.6. The topological polar surface area (TPSA) is 264 Å². The minimum atomic E-state index is -1.65. The highest BCUT2D eigenvalue weighted by molar-refractivity contribution is 5.79. The van der Waals surface area contributed by atoms with Crippen molar-refractivity contribution < 1.29 is 100.0 Å². The maximum absolute atomic E-state index is 15.4. The fourth-order valence-corrected chi connectivity index (χ4v) is 15.5. The lowest BCUT2D eigenvalue weighted by atomic mass is 9.37. The Morgan fingerprint density at radius 2 is 0.936 bits per heavy atom. The third-order valence-corrected chi connectivity index (χ3v) is 18.6. The van der Waals surface area contributed by atoms with Gasteiger partial charge in [-0.2, -0.15) is 0 Å². The Morgan fingerprint density at radius 3 is 1.44 bits per heavy atom. The second-order valence-electron chi connectivity index (χ2n) is 24.8. The quantitative estimate of drug-likeness (QED) is 0.0778. The Balaban J connectivity index is 1.17. The van der Waals surface area contributed by atoms with Gasteiger partial charge in [-0.3, -0.25) is 43.2 Å². The van der Waals surface area contributed by atoms with Crippen molar-refractivity contribution in [1.29, 1.82) is 0 Å². The van der Waals surface area contributed by atoms with Crippen LogP contribution >= 0.6 is 0 Å². The lowest BCUT2D eigenvalue weighted by Crippen LogP contribution is -2.65. The number of rotatable bonds is 14. The maximum Gasteiger partial charge on any atom is 0.315 e. The molecule has 0 aromatic rings. The highest BCUT2D eigenvalue weighted by Gasteiger charge is 2.67. The SMILES string of the molecule is CC(=O)OC[C@H]1O[C@@H](OC(=O)[C@@]23CCC4C(=CC[C@H]5[C@@]4(C)CCC4C(C)(C)[C@@H](O[C@@H]6O[C@H](COC(C)=O)[C@@H](OC(C)=O)[C@H](OC(C)=O)[C@H]6OC(C)=O)CC[C@@]45C)[C@H]2CC(C)(C)CC3)[C@H](OC(C)=O)[C@@H](OC(C)=O)[C@@H]1OC(C)=O. The molecule has 436 valence electrons. The molecule has 7 aliphatic rings. The molecular weight excluding hydrogens is 1020 g/mol. The van der Waals surface area contributed by atoms with Gasteiger partial charge in [-0.25, -0.2) is 0 Å². The van der Waals surface area contributed by atoms with Crippen LogP contribution in [0.4, 0.5) is 0 Å². The van der Waals surface area contributed by atoms with Crippen LogP contribution in [0.3, 0.4) is 0 Å². The number of carbonyl (C=O) groups excluding carboxylic acids is 9. The fourth-order valence-electron chi connectivity index (χ4n) is 15.5. The summed E-state index contributed by atoms with van der Waals surface area (Å²) in [5.41, 5.74) is -0.747. The molecule has 0 amide bonds. The Kier molecular flexibility index (Phi) is 17.9. The number of fused-ring (bicyclic) bond motifs is 7. The van der Waals surface area contributed by atoms with Crippen LogP contribution in [0.15, 0.2) is 11.6 Å². The van der Waals surface area contributed by atoms with Gasteiger partial charge >= 0.3 is 53.7 Å². The summed E-state index contributed by atoms with van der Waals surface area (Å²) in [6.07, 6.45) is -4.94. The van der Waals surface area contributed by atoms with Gasteiger partial charge in [0.2, 0.25) is 12.4 Å². The summed E-state index contributed by atoms with van der Waals surface area (Å²) in [7, 11) is 0. The van der Waals surface area contributed by atoms with Crippen LogP contribution in [0.2, 0.25) is 0 Å². The summed E-state index contributed by atoms with van der Waals surface area (Å²) < 4.78 is 70.7. The molecule has 2 saturated heterocycles. The van der Waals surface area contributed by atoms with E-state index >= 15 is 4.79 Å². The normalized spacial score (nSPS) is 39.2. The highest BCUT2D eigenvalue weighted by Crippen LogP contribution is 2.72. The molecule has 7 rings (SSSR count). The molecule has 0 spiro atoms. The molecule has 5 aliphatic carbocycles. The van der Waals surface area contributed by atoms with Gasteiger partial charge in [0, 0.05) is 55.4 Å². The van der Waals surface area contributed by atoms with E-state index in [1.807, 2.05) is 0 Å². The summed E-state index contributed by atoms with van der Waals surface area (Å²) in [5.74, 6) is -6.11. The molecule has 0 aromatic heterocycles. The van der Waals surface area contributed by atoms with Gasteiger partial charge in [-0.1, -0.05) is 53.2 Å². The molecule has 78 heavy (non-hydrogen) atoms. The van der Waals surface area contributed by atoms with E-state index in [1.54, 1.807) is 0 Å². The van der Waals surface area contributed by atoms with Crippen molar-refractivity contribution in [2.45, 2.75) is 229 Å². The first-order valence-electron chi connectivity index (χ1n) is 27.5. The maximum atomic E-state index is 15.4. The standard InChI is InChI=1S/C57H82O21/c1-28(58)67-26-39-44(69-30(3)60)46(71-32(5)62)48(73-34(7)64)50(75-39)77-43-19-21-56(14)41(54(43,11)12)18-20-55(13)37-17-22-57(24-23-53(9,10)25-38(57)36(37)15-16-42(55)56)52(66)78-51-49(74-35(8)65)47(72-33(6)63)45(70-31(4)61)40(76-51)27-68-29(2)59/h15,37-51H,16-27H2,1-14H3/t37?,38-,39-,40-,41?,42+,43+,44-,45-,46+,47+,48-,49-,50+,51+,55+,56+,57-/m1/s1. The molecule has 4 saturated carbocycles. The van der Waals surface area contributed by atoms with Crippen molar-refractivity contribution in [2.24, 2.45) is 50.7 Å². The number of hydrogen-bond donors (Lipinski definition) is 0. The summed E-state index contributed by atoms with van der Waals surface area (Å²) in [4.78, 5) is 115. The van der Waals surface area contributed by atoms with Gasteiger partial charge < -0.3 is 56.8 Å². The second kappa shape index (κ2) is 23.1. The number of esters is 9. The van der Waals surface area contributed by atoms with Crippen LogP contribution in [-0.4, -0.2) is 134 Å². The molecule has 2 aliphatic heterocycles. The van der Waals surface area contributed by atoms with Crippen LogP contribution in [0, 0.1) is 50.7 Å². The molecule has 18 atom stereocenters. The van der Waals surface area contributed by atoms with Gasteiger partial charge in [0.05, 0.1) is 11.5 Å². The van der Waals surface area contributed by atoms with E-state index in [0.29, 0.717) is 32.1 Å². The van der Waals surface area contributed by atoms with E-state index in [4.69, 9.17) is 56.8 Å². The zero-order valence-electron chi connectivity index (χ0n) is 47.8. The molecule has 0 N–H and O–H groups in total. The van der Waals surface area contributed by atoms with E-state index in [2.05, 4.69) is 47.6 Å². The van der Waals surface area contributed by atoms with Gasteiger partial charge in [-0.15, -0.1) is 0 Å². The van der Waals surface area contributed by atoms with E-state index in [9.17, 15) is 38.4 Å². The number of allylic oxidation sites excluding steroid dienone is 2. The van der Waals surface area contributed by atoms with Crippen LogP contribution in [0.25, 0.3) is 0 Å². The van der Waals surface area contributed by atoms with E-state index in [0.717, 1.165) is 52.9 Å². The van der Waals surface area contributed by atoms with E-state index in [1.165, 1.54) is 40.2 Å². The van der Waals surface area contributed by atoms with Crippen molar-refractivity contribution in [3.05, 3.63) is 11.6 Å². The predicted octanol–water partition coefficient (Wildman–Crippen LogP) is 6.49. The van der Waals surface area contributed by atoms with Crippen molar-refractivity contribution in [3.8, 4) is 0 Å². The molecule has 2 heterocycles. The zero-order valence-corrected chi connectivity index (χ0v) is 47.8. The lowest BCUT2D eigenvalue weighted by molar-refractivity contribution is -0.332. The Morgan fingerprint density at radius 1 is 0.474 bits per heavy atom. The fraction of sp³-hybridized carbons (Fsp3) is 0.807. The predicted molar refractivity (Wildman–Crippen MR) is 269 cm³/mol. The summed E-state index contributed by atoms with van der Waals surface area (Å²) >= 11 is 0. The van der Waals surface area contributed by atoms with Gasteiger partial charge in [0.25, 0.3) is 0 Å². The largest absolute Gasteiger partial charge is 0.463 e. The Bertz CT molecular complexity index is 2380. The molecule has 0 radical (unpaired) electrons. The minimum Gasteiger partial charge on any atom is -0.463 e. The van der Waals surface area contributed by atoms with Crippen LogP contribution in [0.1, 0.15) is 161 Å². The summed E-state index contributed by atoms with van der Waals surface area (Å²) in [6, 6.07) is 0. The molecule has 2 unspecified atom stereocenters. The summed E-state index contributed by atoms with van der Waals surface area (Å²) in [6.45, 7) is 22.2. The molecule has 21 nitrogen and oxygen atoms in total. The van der Waals surface area contributed by atoms with Crippen LogP contribution in [-0.2, 0) is 100.0 Å². The third-order valence-electron chi connectivity index (χ3n) is 18.6. The Hall–Kier alpha value is -5.15. The van der Waals surface area contributed by atoms with E-state index < -0.39 is 139 Å². The minimum absolute atomic E-state index is 0.133. The number of hydrogen-bond acceptors (Lipinski definition) is 21. The molecule has 0 aromatic carbocycles. The molecule has 21 heteroatoms. The highest BCUT2D eigenvalue weighted by atomic mass is 16.8. The second-order valence-corrected chi connectivity index (χ2v) is 24.8. The van der Waals surface area contributed by atoms with Gasteiger partial charge in [-0.05, 0) is 110 Å². The summed E-state index contributed by atoms with van der Waals surface area (Å²) in [5, 5.41) is 0. The molecular formula is C57H82O21. The van der Waals surface area contributed by atoms with Crippen LogP contribution < -0.4 is 0 Å². The van der Waals surface area contributed by atoms with Crippen molar-refractivity contribution in [2.75, 3.05) is 13.2 Å². The molecule has 0 bridgehead atoms. The number of ether oxygens (including phenoxy) is 12. The first kappa shape index (κ1) is 60.5. The number of carbonyl (C=O) groups is 9.